The predicted molar refractivity (Wildman–Crippen MR) is 119 cm³/mol. The Bertz CT molecular complexity index is 862. The van der Waals surface area contributed by atoms with E-state index < -0.39 is 24.4 Å². The molecule has 1 aromatic heterocycles. The number of thiazole rings is 1. The molecule has 3 rings (SSSR count). The summed E-state index contributed by atoms with van der Waals surface area (Å²) < 4.78 is 0. The summed E-state index contributed by atoms with van der Waals surface area (Å²) in [7, 11) is 0. The van der Waals surface area contributed by atoms with Gasteiger partial charge < -0.3 is 21.3 Å². The zero-order valence-electron chi connectivity index (χ0n) is 18.0. The first-order valence-electron chi connectivity index (χ1n) is 10.2. The smallest absolute Gasteiger partial charge is 0.237 e. The number of amides is 1. The van der Waals surface area contributed by atoms with Crippen molar-refractivity contribution in [3.05, 3.63) is 41.0 Å². The quantitative estimate of drug-likeness (QED) is 0.554. The van der Waals surface area contributed by atoms with Crippen molar-refractivity contribution in [1.29, 1.82) is 0 Å². The first-order valence-corrected chi connectivity index (χ1v) is 11.1. The fourth-order valence-electron chi connectivity index (χ4n) is 3.70. The second-order valence-corrected chi connectivity index (χ2v) is 9.94. The number of aliphatic hydroxyl groups excluding tert-OH is 2. The fourth-order valence-corrected chi connectivity index (χ4v) is 4.51. The van der Waals surface area contributed by atoms with Crippen molar-refractivity contribution in [2.24, 2.45) is 11.1 Å². The Morgan fingerprint density at radius 3 is 2.60 bits per heavy atom. The van der Waals surface area contributed by atoms with E-state index >= 15 is 0 Å². The number of β-amino-alcohol motifs (C(OH)–C–C–N with tert-alkyl or cyclic N) is 1. The van der Waals surface area contributed by atoms with E-state index in [9.17, 15) is 15.0 Å². The maximum atomic E-state index is 12.8. The molecule has 1 aliphatic heterocycles. The number of benzene rings is 1. The third-order valence-corrected chi connectivity index (χ3v) is 6.69. The normalized spacial score (nSPS) is 22.1. The number of carbonyl (C=O) groups excluding carboxylic acids is 1. The maximum absolute atomic E-state index is 12.8. The van der Waals surface area contributed by atoms with Crippen molar-refractivity contribution in [3.63, 3.8) is 0 Å². The number of carbonyl (C=O) groups is 1. The highest BCUT2D eigenvalue weighted by molar-refractivity contribution is 7.13. The van der Waals surface area contributed by atoms with Crippen molar-refractivity contribution in [3.8, 4) is 10.4 Å². The maximum Gasteiger partial charge on any atom is 0.237 e. The van der Waals surface area contributed by atoms with Crippen LogP contribution in [0.2, 0.25) is 0 Å². The highest BCUT2D eigenvalue weighted by atomic mass is 32.1. The second kappa shape index (κ2) is 9.11. The molecule has 1 saturated heterocycles. The van der Waals surface area contributed by atoms with Gasteiger partial charge in [-0.3, -0.25) is 9.69 Å². The molecule has 30 heavy (non-hydrogen) atoms. The second-order valence-electron chi connectivity index (χ2n) is 9.09. The third-order valence-electron chi connectivity index (χ3n) is 5.71. The van der Waals surface area contributed by atoms with Crippen molar-refractivity contribution in [2.45, 2.75) is 65.1 Å². The van der Waals surface area contributed by atoms with Crippen molar-refractivity contribution >= 4 is 17.2 Å². The van der Waals surface area contributed by atoms with E-state index in [0.29, 0.717) is 6.54 Å². The molecule has 1 unspecified atom stereocenters. The van der Waals surface area contributed by atoms with E-state index in [0.717, 1.165) is 21.7 Å². The van der Waals surface area contributed by atoms with Gasteiger partial charge in [0.2, 0.25) is 5.91 Å². The lowest BCUT2D eigenvalue weighted by Crippen LogP contribution is -2.57. The van der Waals surface area contributed by atoms with Crippen LogP contribution in [0.25, 0.3) is 10.4 Å². The van der Waals surface area contributed by atoms with Crippen LogP contribution in [0.4, 0.5) is 0 Å². The Kier molecular flexibility index (Phi) is 6.94. The van der Waals surface area contributed by atoms with Gasteiger partial charge in [-0.15, -0.1) is 11.3 Å². The molecule has 0 radical (unpaired) electrons. The molecule has 8 heteroatoms. The van der Waals surface area contributed by atoms with Gasteiger partial charge in [0.05, 0.1) is 28.2 Å². The van der Waals surface area contributed by atoms with Gasteiger partial charge in [-0.25, -0.2) is 4.98 Å². The van der Waals surface area contributed by atoms with Gasteiger partial charge in [-0.05, 0) is 29.9 Å². The molecule has 4 atom stereocenters. The van der Waals surface area contributed by atoms with E-state index in [2.05, 4.69) is 10.3 Å². The molecule has 0 saturated carbocycles. The number of aryl methyl sites for hydroxylation is 1. The highest BCUT2D eigenvalue weighted by Crippen LogP contribution is 2.28. The van der Waals surface area contributed by atoms with E-state index in [4.69, 9.17) is 5.73 Å². The molecule has 2 heterocycles. The van der Waals surface area contributed by atoms with Gasteiger partial charge in [-0.2, -0.15) is 0 Å². The Labute approximate surface area is 181 Å². The highest BCUT2D eigenvalue weighted by Gasteiger charge is 2.43. The first kappa shape index (κ1) is 22.8. The van der Waals surface area contributed by atoms with Crippen LogP contribution in [-0.4, -0.2) is 57.0 Å². The molecule has 5 N–H and O–H groups in total. The monoisotopic (exact) mass is 432 g/mol. The lowest BCUT2D eigenvalue weighted by molar-refractivity contribution is -0.131. The largest absolute Gasteiger partial charge is 0.392 e. The van der Waals surface area contributed by atoms with E-state index in [1.54, 1.807) is 16.2 Å². The summed E-state index contributed by atoms with van der Waals surface area (Å²) in [6.07, 6.45) is -1.38. The number of rotatable bonds is 6. The van der Waals surface area contributed by atoms with Crippen molar-refractivity contribution in [2.75, 3.05) is 6.54 Å². The van der Waals surface area contributed by atoms with Crippen LogP contribution in [-0.2, 0) is 11.3 Å². The summed E-state index contributed by atoms with van der Waals surface area (Å²) in [4.78, 5) is 19.9. The molecule has 164 valence electrons. The number of nitrogens with zero attached hydrogens (tertiary/aromatic N) is 2. The standard InChI is InChI=1S/C22H32N4O3S/c1-13-18(30-12-25-13)15-7-5-14(6-8-15)10-24-20(28)17-9-16(27)11-26(17)21(29)19(23)22(2,3)4/h5-8,12,16-17,19,21,27,29H,9-11,23H2,1-4H3,(H,24,28)/t16-,17+,19-,21?/m1/s1. The average molecular weight is 433 g/mol. The van der Waals surface area contributed by atoms with E-state index in [1.165, 1.54) is 0 Å². The lowest BCUT2D eigenvalue weighted by atomic mass is 9.86. The Hall–Kier alpha value is -1.84. The van der Waals surface area contributed by atoms with Gasteiger partial charge in [-0.1, -0.05) is 45.0 Å². The third kappa shape index (κ3) is 5.07. The summed E-state index contributed by atoms with van der Waals surface area (Å²) in [5.74, 6) is -0.214. The average Bonchev–Trinajstić information content (AvgIpc) is 3.30. The molecule has 7 nitrogen and oxygen atoms in total. The SMILES string of the molecule is Cc1ncsc1-c1ccc(CNC(=O)[C@@H]2C[C@@H](O)CN2C(O)[C@@H](N)C(C)(C)C)cc1. The van der Waals surface area contributed by atoms with Gasteiger partial charge in [0, 0.05) is 19.1 Å². The summed E-state index contributed by atoms with van der Waals surface area (Å²) in [6, 6.07) is 6.88. The molecule has 0 aliphatic carbocycles. The van der Waals surface area contributed by atoms with E-state index in [1.807, 2.05) is 57.5 Å². The number of nitrogens with two attached hydrogens (primary N) is 1. The van der Waals surface area contributed by atoms with Crippen LogP contribution >= 0.6 is 11.3 Å². The number of likely N-dealkylation sites (tertiary alicyclic amines) is 1. The minimum absolute atomic E-state index is 0.214. The van der Waals surface area contributed by atoms with Crippen LogP contribution in [0.15, 0.2) is 29.8 Å². The molecule has 0 spiro atoms. The number of hydrogen-bond acceptors (Lipinski definition) is 7. The van der Waals surface area contributed by atoms with Crippen LogP contribution in [0.3, 0.4) is 0 Å². The minimum Gasteiger partial charge on any atom is -0.392 e. The van der Waals surface area contributed by atoms with Crippen LogP contribution in [0.1, 0.15) is 38.4 Å². The number of aliphatic hydroxyl groups is 2. The number of hydrogen-bond donors (Lipinski definition) is 4. The van der Waals surface area contributed by atoms with Gasteiger partial charge in [0.1, 0.15) is 6.23 Å². The summed E-state index contributed by atoms with van der Waals surface area (Å²) in [5, 5.41) is 23.8. The minimum atomic E-state index is -1.00. The Morgan fingerprint density at radius 2 is 2.03 bits per heavy atom. The molecule has 1 aliphatic rings. The lowest BCUT2D eigenvalue weighted by Gasteiger charge is -2.38. The Morgan fingerprint density at radius 1 is 1.37 bits per heavy atom. The Balaban J connectivity index is 1.62. The summed E-state index contributed by atoms with van der Waals surface area (Å²) in [5.41, 5.74) is 10.8. The molecule has 0 bridgehead atoms. The van der Waals surface area contributed by atoms with Gasteiger partial charge in [0.25, 0.3) is 0 Å². The molecule has 1 fully saturated rings. The number of aromatic nitrogens is 1. The molecule has 2 aromatic rings. The van der Waals surface area contributed by atoms with Crippen LogP contribution in [0.5, 0.6) is 0 Å². The van der Waals surface area contributed by atoms with Crippen molar-refractivity contribution < 1.29 is 15.0 Å². The summed E-state index contributed by atoms with van der Waals surface area (Å²) in [6.45, 7) is 8.43. The van der Waals surface area contributed by atoms with Gasteiger partial charge in [0.15, 0.2) is 0 Å². The molecule has 1 amide bonds. The molecule has 1 aromatic carbocycles. The molecular weight excluding hydrogens is 400 g/mol. The van der Waals surface area contributed by atoms with Crippen molar-refractivity contribution in [1.82, 2.24) is 15.2 Å². The zero-order chi connectivity index (χ0) is 22.1. The van der Waals surface area contributed by atoms with E-state index in [-0.39, 0.29) is 24.3 Å². The van der Waals surface area contributed by atoms with Gasteiger partial charge >= 0.3 is 0 Å². The fraction of sp³-hybridized carbons (Fsp3) is 0.545. The number of nitrogens with one attached hydrogen (secondary N) is 1. The van der Waals surface area contributed by atoms with Crippen LogP contribution < -0.4 is 11.1 Å². The first-order chi connectivity index (χ1) is 14.1. The molecular formula is C22H32N4O3S. The van der Waals surface area contributed by atoms with Crippen LogP contribution in [0, 0.1) is 12.3 Å². The summed E-state index contributed by atoms with van der Waals surface area (Å²) >= 11 is 1.61. The predicted octanol–water partition coefficient (Wildman–Crippen LogP) is 1.86. The topological polar surface area (TPSA) is 112 Å². The zero-order valence-corrected chi connectivity index (χ0v) is 18.8.